The summed E-state index contributed by atoms with van der Waals surface area (Å²) in [7, 11) is 0. The van der Waals surface area contributed by atoms with Gasteiger partial charge in [0.2, 0.25) is 0 Å². The maximum absolute atomic E-state index is 4.93. The Morgan fingerprint density at radius 1 is 1.71 bits per heavy atom. The molecule has 0 aromatic heterocycles. The first kappa shape index (κ1) is 10.9. The largest absolute Gasteiger partial charge is 3.00 e. The van der Waals surface area contributed by atoms with E-state index in [-0.39, 0.29) is 38.8 Å². The Labute approximate surface area is 70.7 Å². The fraction of sp³-hybridized carbons (Fsp3) is 0.800. The summed E-state index contributed by atoms with van der Waals surface area (Å²) in [5, 5.41) is 0. The van der Waals surface area contributed by atoms with Crippen molar-refractivity contribution in [1.29, 1.82) is 0 Å². The van der Waals surface area contributed by atoms with Crippen molar-refractivity contribution in [2.75, 3.05) is 6.61 Å². The minimum Gasteiger partial charge on any atom is -0.411 e. The van der Waals surface area contributed by atoms with Gasteiger partial charge in [0.1, 0.15) is 0 Å². The van der Waals surface area contributed by atoms with Gasteiger partial charge in [-0.05, 0) is 6.92 Å². The molecule has 0 radical (unpaired) electrons. The van der Waals surface area contributed by atoms with Crippen molar-refractivity contribution in [2.45, 2.75) is 20.0 Å². The third-order valence-electron chi connectivity index (χ3n) is 0.451. The molecule has 0 aliphatic carbocycles. The van der Waals surface area contributed by atoms with Gasteiger partial charge in [-0.2, -0.15) is 0 Å². The first-order valence-electron chi connectivity index (χ1n) is 2.22. The normalized spacial score (nSPS) is 12.4. The molecule has 0 aliphatic rings. The van der Waals surface area contributed by atoms with Crippen molar-refractivity contribution >= 4 is 0 Å². The summed E-state index contributed by atoms with van der Waals surface area (Å²) < 4.78 is 4.93. The molecular weight excluding hydrogens is 165 g/mol. The fourth-order valence-electron chi connectivity index (χ4n) is 0.285. The van der Waals surface area contributed by atoms with Gasteiger partial charge in [0.15, 0.2) is 0 Å². The first-order valence-corrected chi connectivity index (χ1v) is 2.22. The summed E-state index contributed by atoms with van der Waals surface area (Å²) in [6, 6.07) is 0. The molecule has 2 heteroatoms. The van der Waals surface area contributed by atoms with Crippen LogP contribution in [-0.4, -0.2) is 12.7 Å². The molecule has 38 valence electrons. The second kappa shape index (κ2) is 7.06. The van der Waals surface area contributed by atoms with Gasteiger partial charge < -0.3 is 11.7 Å². The Bertz CT molecular complexity index is 29.3. The minimum atomic E-state index is 0. The van der Waals surface area contributed by atoms with Crippen LogP contribution in [0.4, 0.5) is 0 Å². The summed E-state index contributed by atoms with van der Waals surface area (Å²) in [6.07, 6.45) is 0.148. The molecule has 0 heterocycles. The van der Waals surface area contributed by atoms with E-state index in [9.17, 15) is 0 Å². The van der Waals surface area contributed by atoms with Crippen LogP contribution in [0.2, 0.25) is 0 Å². The van der Waals surface area contributed by atoms with Gasteiger partial charge in [-0.15, -0.1) is 0 Å². The number of hydrogen-bond acceptors (Lipinski definition) is 1. The molecule has 0 aliphatic heterocycles. The number of hydrogen-bond donors (Lipinski definition) is 0. The van der Waals surface area contributed by atoms with Gasteiger partial charge in [-0.3, -0.25) is 0 Å². The van der Waals surface area contributed by atoms with Crippen LogP contribution in [0.3, 0.4) is 0 Å². The van der Waals surface area contributed by atoms with E-state index in [2.05, 4.69) is 6.92 Å². The van der Waals surface area contributed by atoms with Crippen LogP contribution in [0.15, 0.2) is 0 Å². The molecule has 1 unspecified atom stereocenters. The molecule has 0 bridgehead atoms. The van der Waals surface area contributed by atoms with Crippen molar-refractivity contribution in [3.8, 4) is 0 Å². The van der Waals surface area contributed by atoms with Gasteiger partial charge in [0, 0.05) is 6.61 Å². The topological polar surface area (TPSA) is 9.23 Å². The van der Waals surface area contributed by atoms with E-state index < -0.39 is 0 Å². The quantitative estimate of drug-likeness (QED) is 0.575. The third-order valence-corrected chi connectivity index (χ3v) is 0.451. The second-order valence-electron chi connectivity index (χ2n) is 1.27. The van der Waals surface area contributed by atoms with Gasteiger partial charge in [-0.1, -0.05) is 13.0 Å². The molecule has 0 N–H and O–H groups in total. The Balaban J connectivity index is 0. The van der Waals surface area contributed by atoms with Crippen molar-refractivity contribution in [3.05, 3.63) is 6.92 Å². The van der Waals surface area contributed by atoms with Crippen LogP contribution in [0.1, 0.15) is 13.8 Å². The summed E-state index contributed by atoms with van der Waals surface area (Å²) in [5.41, 5.74) is 0. The molecule has 0 fully saturated rings. The van der Waals surface area contributed by atoms with Crippen molar-refractivity contribution in [3.63, 3.8) is 0 Å². The molecule has 0 spiro atoms. The molecule has 0 aromatic rings. The summed E-state index contributed by atoms with van der Waals surface area (Å²) in [4.78, 5) is 0. The van der Waals surface area contributed by atoms with Gasteiger partial charge in [0.05, 0.1) is 0 Å². The number of ether oxygens (including phenoxy) is 1. The van der Waals surface area contributed by atoms with E-state index in [0.29, 0.717) is 0 Å². The van der Waals surface area contributed by atoms with E-state index in [1.165, 1.54) is 0 Å². The summed E-state index contributed by atoms with van der Waals surface area (Å²) >= 11 is 0. The van der Waals surface area contributed by atoms with Gasteiger partial charge >= 0.3 is 32.7 Å². The van der Waals surface area contributed by atoms with Gasteiger partial charge in [0.25, 0.3) is 0 Å². The van der Waals surface area contributed by atoms with Crippen LogP contribution in [0, 0.1) is 6.92 Å². The zero-order valence-electron chi connectivity index (χ0n) is 4.98. The first-order chi connectivity index (χ1) is 2.77. The molecule has 0 saturated heterocycles. The van der Waals surface area contributed by atoms with Crippen LogP contribution in [0.5, 0.6) is 0 Å². The SMILES string of the molecule is [CH2-]C(C)OCC.[Y+3]. The molecule has 0 rings (SSSR count). The molecular formula is C5H11OY+2. The maximum atomic E-state index is 4.93. The molecule has 1 nitrogen and oxygen atoms in total. The van der Waals surface area contributed by atoms with E-state index in [4.69, 9.17) is 4.74 Å². The Kier molecular flexibility index (Phi) is 11.0. The Morgan fingerprint density at radius 2 is 2.14 bits per heavy atom. The van der Waals surface area contributed by atoms with E-state index in [1.54, 1.807) is 0 Å². The molecule has 1 atom stereocenters. The molecule has 0 amide bonds. The number of rotatable bonds is 2. The van der Waals surface area contributed by atoms with E-state index in [0.717, 1.165) is 6.61 Å². The molecule has 7 heavy (non-hydrogen) atoms. The summed E-state index contributed by atoms with van der Waals surface area (Å²) in [5.74, 6) is 0. The Hall–Kier alpha value is 1.06. The second-order valence-corrected chi connectivity index (χ2v) is 1.27. The van der Waals surface area contributed by atoms with E-state index in [1.807, 2.05) is 13.8 Å². The van der Waals surface area contributed by atoms with Crippen molar-refractivity contribution in [2.24, 2.45) is 0 Å². The average Bonchev–Trinajstić information content (AvgIpc) is 1.35. The standard InChI is InChI=1S/C5H11O.Y/c1-4-6-5(2)3;/h5H,2,4H2,1,3H3;/q-1;+3. The van der Waals surface area contributed by atoms with Crippen molar-refractivity contribution < 1.29 is 37.4 Å². The summed E-state index contributed by atoms with van der Waals surface area (Å²) in [6.45, 7) is 8.25. The monoisotopic (exact) mass is 176 g/mol. The minimum absolute atomic E-state index is 0. The Morgan fingerprint density at radius 3 is 2.14 bits per heavy atom. The van der Waals surface area contributed by atoms with Crippen LogP contribution in [0.25, 0.3) is 0 Å². The molecule has 0 saturated carbocycles. The average molecular weight is 176 g/mol. The molecule has 0 aromatic carbocycles. The van der Waals surface area contributed by atoms with Crippen LogP contribution >= 0.6 is 0 Å². The maximum Gasteiger partial charge on any atom is 3.00 e. The zero-order chi connectivity index (χ0) is 4.99. The van der Waals surface area contributed by atoms with Crippen LogP contribution < -0.4 is 0 Å². The predicted molar refractivity (Wildman–Crippen MR) is 26.4 cm³/mol. The smallest absolute Gasteiger partial charge is 0.411 e. The fourth-order valence-corrected chi connectivity index (χ4v) is 0.285. The van der Waals surface area contributed by atoms with Crippen molar-refractivity contribution in [1.82, 2.24) is 0 Å². The zero-order valence-corrected chi connectivity index (χ0v) is 7.82. The van der Waals surface area contributed by atoms with E-state index >= 15 is 0 Å². The van der Waals surface area contributed by atoms with Gasteiger partial charge in [-0.25, -0.2) is 0 Å². The third kappa shape index (κ3) is 11.0. The predicted octanol–water partition coefficient (Wildman–Crippen LogP) is 1.24. The van der Waals surface area contributed by atoms with Crippen LogP contribution in [-0.2, 0) is 37.4 Å².